The summed E-state index contributed by atoms with van der Waals surface area (Å²) in [6.45, 7) is 11.7. The maximum absolute atomic E-state index is 2.45. The molecule has 29 heavy (non-hydrogen) atoms. The van der Waals surface area contributed by atoms with Crippen LogP contribution in [0, 0.1) is 0 Å². The van der Waals surface area contributed by atoms with Gasteiger partial charge in [-0.1, -0.05) is 89.2 Å². The van der Waals surface area contributed by atoms with Crippen molar-refractivity contribution in [1.82, 2.24) is 0 Å². The van der Waals surface area contributed by atoms with Gasteiger partial charge < -0.3 is 0 Å². The molecular weight excluding hydrogens is 348 g/mol. The van der Waals surface area contributed by atoms with E-state index in [1.54, 1.807) is 0 Å². The Morgan fingerprint density at radius 3 is 1.90 bits per heavy atom. The molecule has 0 N–H and O–H groups in total. The van der Waals surface area contributed by atoms with E-state index in [0.29, 0.717) is 5.92 Å². The standard InChI is InChI=1S/C29H30/c1-18(2)27-23-8-6-7-9-25(23)28(29(3,4)5)26-17-22(14-15-24(26)27)21-13-11-19-10-12-20(19)16-21/h6-9,11,13-18H,10,12H2,1-5H3. The SMILES string of the molecule is CC(C)c1c2ccccc2c(C(C)(C)C)c2cc(-c3ccc4c(c3)CC4)ccc12. The van der Waals surface area contributed by atoms with Gasteiger partial charge in [0.25, 0.3) is 0 Å². The summed E-state index contributed by atoms with van der Waals surface area (Å²) in [4.78, 5) is 0. The normalized spacial score (nSPS) is 13.7. The second-order valence-corrected chi connectivity index (χ2v) is 9.98. The lowest BCUT2D eigenvalue weighted by Gasteiger charge is -2.27. The molecule has 0 bridgehead atoms. The summed E-state index contributed by atoms with van der Waals surface area (Å²) in [5.41, 5.74) is 8.77. The Hall–Kier alpha value is -2.60. The van der Waals surface area contributed by atoms with Gasteiger partial charge in [-0.2, -0.15) is 0 Å². The van der Waals surface area contributed by atoms with Crippen LogP contribution in [0.4, 0.5) is 0 Å². The van der Waals surface area contributed by atoms with E-state index in [4.69, 9.17) is 0 Å². The smallest absolute Gasteiger partial charge is 0.0120 e. The molecule has 0 nitrogen and oxygen atoms in total. The molecule has 0 aliphatic heterocycles. The highest BCUT2D eigenvalue weighted by atomic mass is 14.3. The van der Waals surface area contributed by atoms with E-state index in [-0.39, 0.29) is 5.41 Å². The molecule has 0 unspecified atom stereocenters. The van der Waals surface area contributed by atoms with Gasteiger partial charge in [0.15, 0.2) is 0 Å². The first-order chi connectivity index (χ1) is 13.8. The van der Waals surface area contributed by atoms with Gasteiger partial charge in [-0.15, -0.1) is 0 Å². The zero-order valence-electron chi connectivity index (χ0n) is 18.3. The average molecular weight is 379 g/mol. The van der Waals surface area contributed by atoms with Crippen LogP contribution in [0.1, 0.15) is 62.8 Å². The molecule has 0 fully saturated rings. The number of hydrogen-bond acceptors (Lipinski definition) is 0. The summed E-state index contributed by atoms with van der Waals surface area (Å²) in [5.74, 6) is 0.485. The zero-order chi connectivity index (χ0) is 20.3. The molecular formula is C29H30. The van der Waals surface area contributed by atoms with Crippen LogP contribution in [0.25, 0.3) is 32.7 Å². The van der Waals surface area contributed by atoms with Crippen LogP contribution in [-0.2, 0) is 18.3 Å². The maximum Gasteiger partial charge on any atom is -0.0120 e. The van der Waals surface area contributed by atoms with Crippen LogP contribution in [0.3, 0.4) is 0 Å². The topological polar surface area (TPSA) is 0 Å². The Labute approximate surface area is 174 Å². The largest absolute Gasteiger partial charge is 0.0616 e. The van der Waals surface area contributed by atoms with E-state index in [1.165, 1.54) is 67.8 Å². The fraction of sp³-hybridized carbons (Fsp3) is 0.310. The molecule has 5 rings (SSSR count). The van der Waals surface area contributed by atoms with E-state index in [1.807, 2.05) is 0 Å². The molecule has 0 heteroatoms. The first-order valence-corrected chi connectivity index (χ1v) is 11.0. The Bertz CT molecular complexity index is 1250. The molecule has 146 valence electrons. The van der Waals surface area contributed by atoms with Crippen molar-refractivity contribution in [2.45, 2.75) is 58.8 Å². The molecule has 0 saturated heterocycles. The molecule has 4 aromatic rings. The fourth-order valence-corrected chi connectivity index (χ4v) is 5.20. The van der Waals surface area contributed by atoms with Crippen molar-refractivity contribution in [1.29, 1.82) is 0 Å². The van der Waals surface area contributed by atoms with Crippen molar-refractivity contribution in [2.75, 3.05) is 0 Å². The van der Waals surface area contributed by atoms with Crippen molar-refractivity contribution in [3.63, 3.8) is 0 Å². The molecule has 0 spiro atoms. The van der Waals surface area contributed by atoms with Crippen LogP contribution in [0.2, 0.25) is 0 Å². The van der Waals surface area contributed by atoms with Crippen LogP contribution >= 0.6 is 0 Å². The fourth-order valence-electron chi connectivity index (χ4n) is 5.20. The molecule has 0 saturated carbocycles. The van der Waals surface area contributed by atoms with Gasteiger partial charge in [0.2, 0.25) is 0 Å². The lowest BCUT2D eigenvalue weighted by molar-refractivity contribution is 0.601. The minimum Gasteiger partial charge on any atom is -0.0616 e. The summed E-state index contributed by atoms with van der Waals surface area (Å²) < 4.78 is 0. The lowest BCUT2D eigenvalue weighted by atomic mass is 9.76. The van der Waals surface area contributed by atoms with Crippen LogP contribution in [-0.4, -0.2) is 0 Å². The van der Waals surface area contributed by atoms with Gasteiger partial charge >= 0.3 is 0 Å². The Balaban J connectivity index is 1.88. The van der Waals surface area contributed by atoms with Crippen molar-refractivity contribution in [2.24, 2.45) is 0 Å². The van der Waals surface area contributed by atoms with Crippen LogP contribution < -0.4 is 0 Å². The second-order valence-electron chi connectivity index (χ2n) is 9.98. The maximum atomic E-state index is 2.45. The van der Waals surface area contributed by atoms with Gasteiger partial charge in [0, 0.05) is 0 Å². The summed E-state index contributed by atoms with van der Waals surface area (Å²) in [6, 6.07) is 23.2. The van der Waals surface area contributed by atoms with Crippen LogP contribution in [0.5, 0.6) is 0 Å². The van der Waals surface area contributed by atoms with Gasteiger partial charge in [-0.25, -0.2) is 0 Å². The number of aryl methyl sites for hydroxylation is 2. The van der Waals surface area contributed by atoms with Gasteiger partial charge in [0.05, 0.1) is 0 Å². The minimum atomic E-state index is 0.0758. The van der Waals surface area contributed by atoms with E-state index in [0.717, 1.165) is 0 Å². The Morgan fingerprint density at radius 2 is 1.28 bits per heavy atom. The van der Waals surface area contributed by atoms with Crippen molar-refractivity contribution >= 4 is 21.5 Å². The lowest BCUT2D eigenvalue weighted by Crippen LogP contribution is -2.13. The summed E-state index contributed by atoms with van der Waals surface area (Å²) >= 11 is 0. The Kier molecular flexibility index (Phi) is 4.10. The van der Waals surface area contributed by atoms with Gasteiger partial charge in [-0.05, 0) is 85.2 Å². The van der Waals surface area contributed by atoms with E-state index < -0.39 is 0 Å². The summed E-state index contributed by atoms with van der Waals surface area (Å²) in [6.07, 6.45) is 2.47. The predicted molar refractivity (Wildman–Crippen MR) is 127 cm³/mol. The molecule has 4 aromatic carbocycles. The van der Waals surface area contributed by atoms with Crippen molar-refractivity contribution in [3.05, 3.63) is 82.9 Å². The predicted octanol–water partition coefficient (Wildman–Crippen LogP) is 8.18. The molecule has 0 radical (unpaired) electrons. The Morgan fingerprint density at radius 1 is 0.655 bits per heavy atom. The van der Waals surface area contributed by atoms with Crippen molar-refractivity contribution in [3.8, 4) is 11.1 Å². The monoisotopic (exact) mass is 378 g/mol. The third-order valence-corrected chi connectivity index (χ3v) is 6.60. The molecule has 0 aromatic heterocycles. The molecule has 1 aliphatic rings. The number of hydrogen-bond donors (Lipinski definition) is 0. The van der Waals surface area contributed by atoms with Gasteiger partial charge in [0.1, 0.15) is 0 Å². The molecule has 0 heterocycles. The highest BCUT2D eigenvalue weighted by Crippen LogP contribution is 2.43. The third-order valence-electron chi connectivity index (χ3n) is 6.60. The summed E-state index contributed by atoms with van der Waals surface area (Å²) in [5, 5.41) is 5.65. The van der Waals surface area contributed by atoms with Gasteiger partial charge in [-0.3, -0.25) is 0 Å². The molecule has 1 aliphatic carbocycles. The molecule has 0 amide bonds. The van der Waals surface area contributed by atoms with E-state index in [2.05, 4.69) is 95.3 Å². The highest BCUT2D eigenvalue weighted by molar-refractivity contribution is 6.08. The quantitative estimate of drug-likeness (QED) is 0.308. The van der Waals surface area contributed by atoms with Crippen molar-refractivity contribution < 1.29 is 0 Å². The second kappa shape index (κ2) is 6.46. The third kappa shape index (κ3) is 2.89. The molecule has 0 atom stereocenters. The van der Waals surface area contributed by atoms with Crippen LogP contribution in [0.15, 0.2) is 60.7 Å². The zero-order valence-corrected chi connectivity index (χ0v) is 18.3. The first-order valence-electron chi connectivity index (χ1n) is 11.0. The highest BCUT2D eigenvalue weighted by Gasteiger charge is 2.24. The average Bonchev–Trinajstić information content (AvgIpc) is 2.65. The number of benzene rings is 4. The number of fused-ring (bicyclic) bond motifs is 3. The summed E-state index contributed by atoms with van der Waals surface area (Å²) in [7, 11) is 0. The van der Waals surface area contributed by atoms with E-state index in [9.17, 15) is 0 Å². The number of rotatable bonds is 2. The van der Waals surface area contributed by atoms with E-state index >= 15 is 0 Å². The first kappa shape index (κ1) is 18.4. The minimum absolute atomic E-state index is 0.0758.